The van der Waals surface area contributed by atoms with Crippen LogP contribution in [0.2, 0.25) is 5.04 Å². The van der Waals surface area contributed by atoms with Crippen molar-refractivity contribution in [2.75, 3.05) is 26.4 Å². The molecule has 5 atom stereocenters. The number of nitrogens with one attached hydrogen (secondary N) is 2. The molecule has 0 amide bonds. The highest BCUT2D eigenvalue weighted by Gasteiger charge is 2.51. The Hall–Kier alpha value is -4.09. The number of aromatic amines is 1. The summed E-state index contributed by atoms with van der Waals surface area (Å²) >= 11 is 0. The molecule has 1 aromatic heterocycles. The number of carbonyl (C=O) groups is 1. The van der Waals surface area contributed by atoms with Gasteiger partial charge in [0.1, 0.15) is 24.1 Å². The van der Waals surface area contributed by atoms with Crippen molar-refractivity contribution in [2.45, 2.75) is 75.8 Å². The van der Waals surface area contributed by atoms with Crippen molar-refractivity contribution in [3.8, 4) is 0 Å². The van der Waals surface area contributed by atoms with Gasteiger partial charge in [-0.15, -0.1) is 0 Å². The van der Waals surface area contributed by atoms with Gasteiger partial charge in [0.2, 0.25) is 0 Å². The highest BCUT2D eigenvalue weighted by Crippen LogP contribution is 2.47. The number of halogens is 4. The molecule has 3 heterocycles. The van der Waals surface area contributed by atoms with Crippen LogP contribution in [0, 0.1) is 17.6 Å². The monoisotopic (exact) mass is 755 g/mol. The van der Waals surface area contributed by atoms with Crippen LogP contribution >= 0.6 is 0 Å². The number of hydrogen-bond donors (Lipinski definition) is 2. The van der Waals surface area contributed by atoms with Gasteiger partial charge in [0.05, 0.1) is 19.3 Å². The first-order chi connectivity index (χ1) is 25.9. The van der Waals surface area contributed by atoms with Gasteiger partial charge in [-0.2, -0.15) is 0 Å². The molecule has 2 aliphatic rings. The summed E-state index contributed by atoms with van der Waals surface area (Å²) in [7, 11) is -3.02. The molecule has 1 fully saturated rings. The average molecular weight is 756 g/mol. The van der Waals surface area contributed by atoms with Crippen molar-refractivity contribution in [1.82, 2.24) is 15.2 Å². The molecule has 2 aliphatic heterocycles. The summed E-state index contributed by atoms with van der Waals surface area (Å²) in [6.45, 7) is 8.48. The lowest BCUT2D eigenvalue weighted by Crippen LogP contribution is -2.67. The van der Waals surface area contributed by atoms with Gasteiger partial charge in [-0.25, -0.2) is 13.2 Å². The standard InChI is InChI=1S/C44H49F4N3O2Si/c1-43(2,3)54(32-14-7-5-8-15-32,33-16-9-6-10-17-33)53-28-31(47)24-44(4)25-36-34-18-11-12-19-38(34)49-40(36)41(50-44)39-35(22-30(46)23-37(39)48)42-29(27-52)26-51(42)21-13-20-45/h5-12,14-19,22-23,27,29,31,41-42,49-50H,13,20-21,24-26,28H2,1-4H3/t29?,31?,41-,42?,44+/m1/s1. The molecular weight excluding hydrogens is 707 g/mol. The SMILES string of the molecule is CC(C)(C)[Si](OCC(F)C[C@@]1(C)Cc2c([nH]c3ccccc23)[C@@H](c2c(F)cc(F)cc2C2C(C=O)CN2CCCF)N1)(c1ccccc1)c1ccccc1. The number of hydrogen-bond acceptors (Lipinski definition) is 4. The predicted molar refractivity (Wildman–Crippen MR) is 209 cm³/mol. The summed E-state index contributed by atoms with van der Waals surface area (Å²) < 4.78 is 68.6. The van der Waals surface area contributed by atoms with E-state index in [0.29, 0.717) is 25.1 Å². The number of aromatic nitrogens is 1. The van der Waals surface area contributed by atoms with E-state index >= 15 is 13.2 Å². The van der Waals surface area contributed by atoms with E-state index < -0.39 is 56.3 Å². The highest BCUT2D eigenvalue weighted by atomic mass is 28.4. The molecule has 1 saturated heterocycles. The Labute approximate surface area is 316 Å². The third-order valence-corrected chi connectivity index (χ3v) is 16.5. The van der Waals surface area contributed by atoms with Crippen LogP contribution in [-0.2, 0) is 15.6 Å². The van der Waals surface area contributed by atoms with Crippen LogP contribution in [0.25, 0.3) is 10.9 Å². The number of H-pyrrole nitrogens is 1. The van der Waals surface area contributed by atoms with Crippen molar-refractivity contribution in [3.63, 3.8) is 0 Å². The van der Waals surface area contributed by atoms with E-state index in [4.69, 9.17) is 4.43 Å². The van der Waals surface area contributed by atoms with Crippen LogP contribution in [-0.4, -0.2) is 62.6 Å². The van der Waals surface area contributed by atoms with Gasteiger partial charge in [-0.05, 0) is 64.9 Å². The van der Waals surface area contributed by atoms with Crippen molar-refractivity contribution < 1.29 is 26.8 Å². The maximum atomic E-state index is 16.8. The number of aldehydes is 1. The van der Waals surface area contributed by atoms with Crippen molar-refractivity contribution in [1.29, 1.82) is 0 Å². The molecule has 5 aromatic rings. The molecule has 284 valence electrons. The normalized spacial score (nSPS) is 22.5. The number of benzene rings is 4. The molecule has 54 heavy (non-hydrogen) atoms. The minimum Gasteiger partial charge on any atom is -0.404 e. The van der Waals surface area contributed by atoms with Crippen molar-refractivity contribution in [2.24, 2.45) is 5.92 Å². The largest absolute Gasteiger partial charge is 0.404 e. The molecule has 2 N–H and O–H groups in total. The van der Waals surface area contributed by atoms with Gasteiger partial charge in [-0.1, -0.05) is 99.6 Å². The Kier molecular flexibility index (Phi) is 10.8. The lowest BCUT2D eigenvalue weighted by atomic mass is 9.76. The number of carbonyl (C=O) groups excluding carboxylic acids is 1. The maximum absolute atomic E-state index is 16.8. The Morgan fingerprint density at radius 3 is 2.26 bits per heavy atom. The molecule has 0 bridgehead atoms. The van der Waals surface area contributed by atoms with Crippen LogP contribution in [0.5, 0.6) is 0 Å². The maximum Gasteiger partial charge on any atom is 0.261 e. The highest BCUT2D eigenvalue weighted by molar-refractivity contribution is 6.99. The van der Waals surface area contributed by atoms with Crippen LogP contribution in [0.1, 0.15) is 75.0 Å². The predicted octanol–water partition coefficient (Wildman–Crippen LogP) is 8.28. The van der Waals surface area contributed by atoms with Crippen molar-refractivity contribution in [3.05, 3.63) is 131 Å². The third-order valence-electron chi connectivity index (χ3n) is 11.5. The van der Waals surface area contributed by atoms with E-state index in [1.165, 1.54) is 6.07 Å². The van der Waals surface area contributed by atoms with Gasteiger partial charge in [0.15, 0.2) is 0 Å². The molecule has 5 nitrogen and oxygen atoms in total. The molecule has 0 spiro atoms. The fraction of sp³-hybridized carbons (Fsp3) is 0.386. The number of fused-ring (bicyclic) bond motifs is 3. The lowest BCUT2D eigenvalue weighted by molar-refractivity contribution is -0.120. The van der Waals surface area contributed by atoms with Crippen LogP contribution < -0.4 is 15.7 Å². The quantitative estimate of drug-likeness (QED) is 0.0722. The number of para-hydroxylation sites is 1. The number of alkyl halides is 2. The molecular formula is C44H49F4N3O2Si. The molecule has 3 unspecified atom stereocenters. The zero-order valence-electron chi connectivity index (χ0n) is 31.3. The zero-order chi connectivity index (χ0) is 38.3. The van der Waals surface area contributed by atoms with Gasteiger partial charge >= 0.3 is 0 Å². The topological polar surface area (TPSA) is 57.4 Å². The summed E-state index contributed by atoms with van der Waals surface area (Å²) in [6.07, 6.45) is 0.173. The molecule has 4 aromatic carbocycles. The molecule has 0 saturated carbocycles. The van der Waals surface area contributed by atoms with E-state index in [2.05, 4.69) is 55.3 Å². The minimum atomic E-state index is -3.02. The van der Waals surface area contributed by atoms with E-state index in [9.17, 15) is 9.18 Å². The second-order valence-electron chi connectivity index (χ2n) is 16.3. The summed E-state index contributed by atoms with van der Waals surface area (Å²) in [6, 6.07) is 28.8. The Morgan fingerprint density at radius 2 is 1.63 bits per heavy atom. The van der Waals surface area contributed by atoms with Gasteiger partial charge in [-0.3, -0.25) is 14.6 Å². The van der Waals surface area contributed by atoms with Crippen LogP contribution in [0.4, 0.5) is 17.6 Å². The fourth-order valence-electron chi connectivity index (χ4n) is 9.20. The van der Waals surface area contributed by atoms with Gasteiger partial charge < -0.3 is 14.2 Å². The average Bonchev–Trinajstić information content (AvgIpc) is 3.49. The smallest absolute Gasteiger partial charge is 0.261 e. The van der Waals surface area contributed by atoms with E-state index in [0.717, 1.165) is 44.9 Å². The second kappa shape index (κ2) is 15.2. The summed E-state index contributed by atoms with van der Waals surface area (Å²) in [4.78, 5) is 17.6. The molecule has 10 heteroatoms. The molecule has 0 aliphatic carbocycles. The Balaban J connectivity index is 1.26. The number of nitrogens with zero attached hydrogens (tertiary/aromatic N) is 1. The summed E-state index contributed by atoms with van der Waals surface area (Å²) in [5.41, 5.74) is 2.17. The number of likely N-dealkylation sites (tertiary alicyclic amines) is 1. The number of rotatable bonds is 13. The third kappa shape index (κ3) is 6.98. The lowest BCUT2D eigenvalue weighted by Gasteiger charge is -2.48. The molecule has 0 radical (unpaired) electrons. The van der Waals surface area contributed by atoms with Gasteiger partial charge in [0.25, 0.3) is 8.32 Å². The van der Waals surface area contributed by atoms with Crippen LogP contribution in [0.15, 0.2) is 97.1 Å². The first kappa shape index (κ1) is 38.2. The fourth-order valence-corrected chi connectivity index (χ4v) is 13.8. The van der Waals surface area contributed by atoms with Crippen LogP contribution in [0.3, 0.4) is 0 Å². The van der Waals surface area contributed by atoms with E-state index in [-0.39, 0.29) is 30.1 Å². The summed E-state index contributed by atoms with van der Waals surface area (Å²) in [5, 5.41) is 6.38. The zero-order valence-corrected chi connectivity index (χ0v) is 32.3. The minimum absolute atomic E-state index is 0.0574. The second-order valence-corrected chi connectivity index (χ2v) is 20.6. The Bertz CT molecular complexity index is 2050. The van der Waals surface area contributed by atoms with Crippen molar-refractivity contribution >= 4 is 35.9 Å². The Morgan fingerprint density at radius 1 is 0.981 bits per heavy atom. The first-order valence-electron chi connectivity index (χ1n) is 18.9. The van der Waals surface area contributed by atoms with E-state index in [1.54, 1.807) is 0 Å². The van der Waals surface area contributed by atoms with Gasteiger partial charge in [0, 0.05) is 58.8 Å². The first-order valence-corrected chi connectivity index (χ1v) is 20.8. The molecule has 7 rings (SSSR count). The summed E-state index contributed by atoms with van der Waals surface area (Å²) in [5.74, 6) is -2.02. The van der Waals surface area contributed by atoms with E-state index in [1.807, 2.05) is 72.5 Å².